The Kier molecular flexibility index (Phi) is 4.24. The highest BCUT2D eigenvalue weighted by atomic mass is 32.1. The second-order valence-corrected chi connectivity index (χ2v) is 6.47. The van der Waals surface area contributed by atoms with Crippen LogP contribution in [0.4, 0.5) is 11.5 Å². The Bertz CT molecular complexity index is 904. The lowest BCUT2D eigenvalue weighted by Crippen LogP contribution is -2.44. The fraction of sp³-hybridized carbons (Fsp3) is 0.312. The molecule has 0 atom stereocenters. The summed E-state index contributed by atoms with van der Waals surface area (Å²) in [5.74, 6) is 0.500. The van der Waals surface area contributed by atoms with Crippen molar-refractivity contribution in [3.63, 3.8) is 0 Å². The monoisotopic (exact) mass is 355 g/mol. The van der Waals surface area contributed by atoms with Gasteiger partial charge in [0, 0.05) is 32.2 Å². The summed E-state index contributed by atoms with van der Waals surface area (Å²) in [5, 5.41) is 2.87. The number of carbonyl (C=O) groups excluding carboxylic acids is 1. The molecule has 9 heteroatoms. The molecular formula is C16H17N7OS. The van der Waals surface area contributed by atoms with Crippen LogP contribution >= 0.6 is 11.7 Å². The van der Waals surface area contributed by atoms with E-state index in [0.29, 0.717) is 16.9 Å². The number of nitrogens with zero attached hydrogens (tertiary/aromatic N) is 6. The Hall–Kier alpha value is -2.65. The fourth-order valence-electron chi connectivity index (χ4n) is 2.77. The first-order valence-electron chi connectivity index (χ1n) is 7.99. The topological polar surface area (TPSA) is 87.1 Å². The molecule has 25 heavy (non-hydrogen) atoms. The average Bonchev–Trinajstić information content (AvgIpc) is 3.12. The molecule has 1 N–H and O–H groups in total. The zero-order valence-electron chi connectivity index (χ0n) is 13.7. The lowest BCUT2D eigenvalue weighted by molar-refractivity contribution is 0.102. The van der Waals surface area contributed by atoms with Crippen LogP contribution in [-0.4, -0.2) is 62.7 Å². The molecule has 2 aromatic heterocycles. The number of likely N-dealkylation sites (N-methyl/N-ethyl adjacent to an activating group) is 1. The molecule has 4 rings (SSSR count). The summed E-state index contributed by atoms with van der Waals surface area (Å²) >= 11 is 1.12. The maximum atomic E-state index is 12.6. The van der Waals surface area contributed by atoms with Crippen molar-refractivity contribution in [2.24, 2.45) is 0 Å². The molecule has 0 spiro atoms. The van der Waals surface area contributed by atoms with Crippen molar-refractivity contribution in [1.82, 2.24) is 23.6 Å². The molecule has 1 fully saturated rings. The Morgan fingerprint density at radius 1 is 1.16 bits per heavy atom. The molecule has 1 saturated heterocycles. The first-order valence-corrected chi connectivity index (χ1v) is 8.72. The van der Waals surface area contributed by atoms with E-state index in [4.69, 9.17) is 0 Å². The molecule has 1 aliphatic rings. The largest absolute Gasteiger partial charge is 0.354 e. The number of hydrogen-bond acceptors (Lipinski definition) is 8. The van der Waals surface area contributed by atoms with Gasteiger partial charge in [-0.25, -0.2) is 9.97 Å². The van der Waals surface area contributed by atoms with Crippen LogP contribution in [0.5, 0.6) is 0 Å². The maximum absolute atomic E-state index is 12.6. The van der Waals surface area contributed by atoms with Crippen molar-refractivity contribution < 1.29 is 4.79 Å². The molecule has 1 aromatic carbocycles. The smallest absolute Gasteiger partial charge is 0.274 e. The van der Waals surface area contributed by atoms with Gasteiger partial charge in [0.1, 0.15) is 28.9 Å². The minimum atomic E-state index is -0.279. The van der Waals surface area contributed by atoms with Gasteiger partial charge in [0.2, 0.25) is 0 Å². The van der Waals surface area contributed by atoms with Crippen LogP contribution in [0.1, 0.15) is 10.5 Å². The summed E-state index contributed by atoms with van der Waals surface area (Å²) in [5.41, 5.74) is 2.43. The molecule has 0 bridgehead atoms. The minimum Gasteiger partial charge on any atom is -0.354 e. The fourth-order valence-corrected chi connectivity index (χ4v) is 3.32. The number of carbonyl (C=O) groups is 1. The van der Waals surface area contributed by atoms with Crippen LogP contribution in [0.3, 0.4) is 0 Å². The van der Waals surface area contributed by atoms with E-state index in [1.807, 2.05) is 18.2 Å². The molecule has 0 aliphatic carbocycles. The van der Waals surface area contributed by atoms with E-state index in [1.54, 1.807) is 6.07 Å². The molecule has 1 amide bonds. The molecule has 0 unspecified atom stereocenters. The molecular weight excluding hydrogens is 338 g/mol. The van der Waals surface area contributed by atoms with Gasteiger partial charge in [-0.15, -0.1) is 0 Å². The highest BCUT2D eigenvalue weighted by Crippen LogP contribution is 2.22. The summed E-state index contributed by atoms with van der Waals surface area (Å²) in [6.45, 7) is 3.73. The van der Waals surface area contributed by atoms with Gasteiger partial charge >= 0.3 is 0 Å². The lowest BCUT2D eigenvalue weighted by atomic mass is 10.2. The van der Waals surface area contributed by atoms with Gasteiger partial charge in [-0.3, -0.25) is 4.79 Å². The highest BCUT2D eigenvalue weighted by molar-refractivity contribution is 7.00. The maximum Gasteiger partial charge on any atom is 0.274 e. The van der Waals surface area contributed by atoms with Crippen molar-refractivity contribution in [2.45, 2.75) is 0 Å². The van der Waals surface area contributed by atoms with Crippen molar-refractivity contribution in [1.29, 1.82) is 0 Å². The summed E-state index contributed by atoms with van der Waals surface area (Å²) < 4.78 is 8.42. The third kappa shape index (κ3) is 3.28. The molecule has 3 aromatic rings. The average molecular weight is 355 g/mol. The van der Waals surface area contributed by atoms with Crippen molar-refractivity contribution in [3.05, 3.63) is 36.3 Å². The van der Waals surface area contributed by atoms with Gasteiger partial charge in [0.25, 0.3) is 5.91 Å². The number of amides is 1. The van der Waals surface area contributed by atoms with Crippen LogP contribution in [0, 0.1) is 0 Å². The number of benzene rings is 1. The zero-order chi connectivity index (χ0) is 17.2. The van der Waals surface area contributed by atoms with E-state index < -0.39 is 0 Å². The number of nitrogens with one attached hydrogen (secondary N) is 1. The second-order valence-electron chi connectivity index (χ2n) is 5.94. The van der Waals surface area contributed by atoms with E-state index in [9.17, 15) is 4.79 Å². The second kappa shape index (κ2) is 6.69. The molecule has 8 nitrogen and oxygen atoms in total. The van der Waals surface area contributed by atoms with Gasteiger partial charge in [-0.2, -0.15) is 8.75 Å². The van der Waals surface area contributed by atoms with E-state index in [0.717, 1.165) is 49.2 Å². The van der Waals surface area contributed by atoms with Gasteiger partial charge in [0.05, 0.1) is 17.4 Å². The normalized spacial score (nSPS) is 15.5. The third-order valence-electron chi connectivity index (χ3n) is 4.25. The van der Waals surface area contributed by atoms with Crippen molar-refractivity contribution in [3.8, 4) is 0 Å². The van der Waals surface area contributed by atoms with Crippen LogP contribution in [0.15, 0.2) is 30.6 Å². The van der Waals surface area contributed by atoms with Crippen LogP contribution in [0.25, 0.3) is 11.0 Å². The van der Waals surface area contributed by atoms with E-state index >= 15 is 0 Å². The van der Waals surface area contributed by atoms with Gasteiger partial charge < -0.3 is 15.1 Å². The molecule has 128 valence electrons. The van der Waals surface area contributed by atoms with Crippen molar-refractivity contribution >= 4 is 40.2 Å². The quantitative estimate of drug-likeness (QED) is 0.761. The van der Waals surface area contributed by atoms with E-state index in [1.165, 1.54) is 6.33 Å². The van der Waals surface area contributed by atoms with Gasteiger partial charge in [-0.1, -0.05) is 6.07 Å². The predicted octanol–water partition coefficient (Wildman–Crippen LogP) is 1.49. The van der Waals surface area contributed by atoms with Gasteiger partial charge in [0.15, 0.2) is 0 Å². The number of hydrogen-bond donors (Lipinski definition) is 1. The summed E-state index contributed by atoms with van der Waals surface area (Å²) in [6, 6.07) is 7.25. The Balaban J connectivity index is 1.54. The predicted molar refractivity (Wildman–Crippen MR) is 97.1 cm³/mol. The first kappa shape index (κ1) is 15.9. The molecule has 0 saturated carbocycles. The molecule has 1 aliphatic heterocycles. The number of aromatic nitrogens is 4. The third-order valence-corrected chi connectivity index (χ3v) is 4.79. The van der Waals surface area contributed by atoms with E-state index in [2.05, 4.69) is 40.9 Å². The zero-order valence-corrected chi connectivity index (χ0v) is 14.5. The molecule has 3 heterocycles. The Labute approximate surface area is 148 Å². The lowest BCUT2D eigenvalue weighted by Gasteiger charge is -2.33. The Morgan fingerprint density at radius 3 is 2.84 bits per heavy atom. The minimum absolute atomic E-state index is 0.279. The number of anilines is 2. The number of rotatable bonds is 3. The summed E-state index contributed by atoms with van der Waals surface area (Å²) in [4.78, 5) is 25.5. The number of fused-ring (bicyclic) bond motifs is 1. The van der Waals surface area contributed by atoms with E-state index in [-0.39, 0.29) is 5.91 Å². The van der Waals surface area contributed by atoms with Crippen LogP contribution in [0.2, 0.25) is 0 Å². The van der Waals surface area contributed by atoms with Crippen LogP contribution in [-0.2, 0) is 0 Å². The Morgan fingerprint density at radius 2 is 2.00 bits per heavy atom. The first-order chi connectivity index (χ1) is 12.2. The van der Waals surface area contributed by atoms with Gasteiger partial charge in [-0.05, 0) is 19.2 Å². The van der Waals surface area contributed by atoms with Crippen molar-refractivity contribution in [2.75, 3.05) is 43.4 Å². The standard InChI is InChI=1S/C16H17N7OS/c1-22-5-7-23(8-6-22)14-9-13(17-10-18-14)16(24)19-11-3-2-4-12-15(11)21-25-20-12/h2-4,9-10H,5-8H2,1H3,(H,19,24). The highest BCUT2D eigenvalue weighted by Gasteiger charge is 2.18. The van der Waals surface area contributed by atoms with Crippen LogP contribution < -0.4 is 10.2 Å². The SMILES string of the molecule is CN1CCN(c2cc(C(=O)Nc3cccc4nsnc34)ncn2)CC1. The summed E-state index contributed by atoms with van der Waals surface area (Å²) in [6.07, 6.45) is 1.44. The number of piperazine rings is 1. The summed E-state index contributed by atoms with van der Waals surface area (Å²) in [7, 11) is 2.10. The molecule has 0 radical (unpaired) electrons.